The average Bonchev–Trinajstić information content (AvgIpc) is 3.78. The quantitative estimate of drug-likeness (QED) is 0.305. The van der Waals surface area contributed by atoms with Crippen LogP contribution in [0.1, 0.15) is 48.5 Å². The molecule has 1 unspecified atom stereocenters. The van der Waals surface area contributed by atoms with Gasteiger partial charge in [-0.3, -0.25) is 9.78 Å². The van der Waals surface area contributed by atoms with Gasteiger partial charge in [0.2, 0.25) is 0 Å². The van der Waals surface area contributed by atoms with Crippen LogP contribution >= 0.6 is 0 Å². The molecule has 2 atom stereocenters. The van der Waals surface area contributed by atoms with Crippen LogP contribution in [0.15, 0.2) is 61.2 Å². The van der Waals surface area contributed by atoms with Crippen molar-refractivity contribution < 1.29 is 4.79 Å². The van der Waals surface area contributed by atoms with E-state index in [1.165, 1.54) is 12.8 Å². The number of benzene rings is 1. The van der Waals surface area contributed by atoms with Gasteiger partial charge in [0.05, 0.1) is 16.8 Å². The van der Waals surface area contributed by atoms with Crippen molar-refractivity contribution in [2.75, 3.05) is 37.4 Å². The number of para-hydroxylation sites is 1. The Morgan fingerprint density at radius 1 is 1.08 bits per heavy atom. The highest BCUT2D eigenvalue weighted by Gasteiger charge is 2.23. The molecule has 5 rings (SSSR count). The zero-order chi connectivity index (χ0) is 26.6. The zero-order valence-electron chi connectivity index (χ0n) is 22.5. The standard InChI is InChI=1S/C30H35N7O/c1-19(20(2)23-6-5-7-24-25(30(38)31-3)12-13-32-29(23)24)15-33-27-14-26(35-18-36-27)22-10-11-28(34-16-22)37(4)17-21-8-9-21/h5-7,10-14,16,18-21H,8-9,15,17H2,1-4H3,(H,31,38)(H,33,35,36)/t19-,20?/m1/s1. The van der Waals surface area contributed by atoms with Gasteiger partial charge in [-0.05, 0) is 54.4 Å². The number of nitrogens with one attached hydrogen (secondary N) is 2. The van der Waals surface area contributed by atoms with Crippen molar-refractivity contribution in [3.05, 3.63) is 72.3 Å². The predicted molar refractivity (Wildman–Crippen MR) is 152 cm³/mol. The molecule has 1 aliphatic carbocycles. The number of amides is 1. The lowest BCUT2D eigenvalue weighted by Crippen LogP contribution is -2.20. The van der Waals surface area contributed by atoms with Gasteiger partial charge in [-0.25, -0.2) is 15.0 Å². The Balaban J connectivity index is 1.26. The molecule has 0 radical (unpaired) electrons. The molecule has 1 aliphatic rings. The van der Waals surface area contributed by atoms with Crippen molar-refractivity contribution in [1.82, 2.24) is 25.3 Å². The number of nitrogens with zero attached hydrogens (tertiary/aromatic N) is 5. The number of hydrogen-bond donors (Lipinski definition) is 2. The summed E-state index contributed by atoms with van der Waals surface area (Å²) in [7, 11) is 3.75. The second kappa shape index (κ2) is 11.1. The van der Waals surface area contributed by atoms with E-state index in [0.717, 1.165) is 58.4 Å². The van der Waals surface area contributed by atoms with Gasteiger partial charge >= 0.3 is 0 Å². The number of anilines is 2. The molecule has 1 amide bonds. The molecule has 3 heterocycles. The molecule has 1 saturated carbocycles. The molecule has 1 aromatic carbocycles. The fourth-order valence-electron chi connectivity index (χ4n) is 4.80. The van der Waals surface area contributed by atoms with Crippen LogP contribution in [0, 0.1) is 11.8 Å². The number of pyridine rings is 2. The Morgan fingerprint density at radius 2 is 1.92 bits per heavy atom. The average molecular weight is 510 g/mol. The number of carbonyl (C=O) groups excluding carboxylic acids is 1. The van der Waals surface area contributed by atoms with Crippen LogP contribution in [-0.4, -0.2) is 53.0 Å². The third kappa shape index (κ3) is 5.59. The smallest absolute Gasteiger partial charge is 0.251 e. The Hall–Kier alpha value is -4.07. The number of hydrogen-bond acceptors (Lipinski definition) is 7. The molecule has 2 N–H and O–H groups in total. The highest BCUT2D eigenvalue weighted by atomic mass is 16.1. The highest BCUT2D eigenvalue weighted by Crippen LogP contribution is 2.32. The molecular formula is C30H35N7O. The first-order chi connectivity index (χ1) is 18.4. The molecule has 0 aliphatic heterocycles. The van der Waals surface area contributed by atoms with E-state index < -0.39 is 0 Å². The lowest BCUT2D eigenvalue weighted by molar-refractivity contribution is 0.0964. The predicted octanol–water partition coefficient (Wildman–Crippen LogP) is 5.14. The Labute approximate surface area is 224 Å². The van der Waals surface area contributed by atoms with Crippen molar-refractivity contribution in [2.45, 2.75) is 32.6 Å². The monoisotopic (exact) mass is 509 g/mol. The van der Waals surface area contributed by atoms with E-state index in [1.807, 2.05) is 24.4 Å². The van der Waals surface area contributed by atoms with Crippen molar-refractivity contribution in [2.24, 2.45) is 11.8 Å². The first-order valence-electron chi connectivity index (χ1n) is 13.3. The van der Waals surface area contributed by atoms with Crippen LogP contribution in [-0.2, 0) is 0 Å². The molecular weight excluding hydrogens is 474 g/mol. The minimum absolute atomic E-state index is 0.105. The lowest BCUT2D eigenvalue weighted by atomic mass is 9.87. The van der Waals surface area contributed by atoms with Gasteiger partial charge in [0.1, 0.15) is 18.0 Å². The minimum Gasteiger partial charge on any atom is -0.370 e. The van der Waals surface area contributed by atoms with Crippen molar-refractivity contribution in [3.8, 4) is 11.3 Å². The van der Waals surface area contributed by atoms with E-state index in [4.69, 9.17) is 0 Å². The summed E-state index contributed by atoms with van der Waals surface area (Å²) in [6, 6.07) is 13.9. The van der Waals surface area contributed by atoms with E-state index >= 15 is 0 Å². The first kappa shape index (κ1) is 25.6. The van der Waals surface area contributed by atoms with Crippen LogP contribution in [0.4, 0.5) is 11.6 Å². The third-order valence-electron chi connectivity index (χ3n) is 7.55. The van der Waals surface area contributed by atoms with E-state index in [1.54, 1.807) is 25.6 Å². The van der Waals surface area contributed by atoms with Gasteiger partial charge in [0.25, 0.3) is 5.91 Å². The fraction of sp³-hybridized carbons (Fsp3) is 0.367. The summed E-state index contributed by atoms with van der Waals surface area (Å²) in [6.45, 7) is 6.21. The fourth-order valence-corrected chi connectivity index (χ4v) is 4.80. The van der Waals surface area contributed by atoms with Crippen molar-refractivity contribution >= 4 is 28.4 Å². The summed E-state index contributed by atoms with van der Waals surface area (Å²) >= 11 is 0. The topological polar surface area (TPSA) is 95.9 Å². The van der Waals surface area contributed by atoms with Crippen molar-refractivity contribution in [1.29, 1.82) is 0 Å². The molecule has 8 heteroatoms. The number of fused-ring (bicyclic) bond motifs is 1. The van der Waals surface area contributed by atoms with Crippen molar-refractivity contribution in [3.63, 3.8) is 0 Å². The van der Waals surface area contributed by atoms with Crippen LogP contribution in [0.2, 0.25) is 0 Å². The zero-order valence-corrected chi connectivity index (χ0v) is 22.5. The number of carbonyl (C=O) groups is 1. The normalized spacial score (nSPS) is 14.6. The minimum atomic E-state index is -0.105. The third-order valence-corrected chi connectivity index (χ3v) is 7.55. The second-order valence-corrected chi connectivity index (χ2v) is 10.3. The van der Waals surface area contributed by atoms with E-state index in [9.17, 15) is 4.79 Å². The van der Waals surface area contributed by atoms with E-state index in [-0.39, 0.29) is 17.7 Å². The molecule has 0 spiro atoms. The molecule has 8 nitrogen and oxygen atoms in total. The highest BCUT2D eigenvalue weighted by molar-refractivity contribution is 6.06. The first-order valence-corrected chi connectivity index (χ1v) is 13.3. The van der Waals surface area contributed by atoms with Gasteiger partial charge in [0.15, 0.2) is 0 Å². The molecule has 3 aromatic heterocycles. The number of aromatic nitrogens is 4. The van der Waals surface area contributed by atoms with Crippen LogP contribution in [0.5, 0.6) is 0 Å². The summed E-state index contributed by atoms with van der Waals surface area (Å²) in [5.74, 6) is 2.98. The molecule has 196 valence electrons. The largest absolute Gasteiger partial charge is 0.370 e. The Bertz CT molecular complexity index is 1420. The van der Waals surface area contributed by atoms with E-state index in [2.05, 4.69) is 74.6 Å². The van der Waals surface area contributed by atoms with Crippen LogP contribution < -0.4 is 15.5 Å². The summed E-state index contributed by atoms with van der Waals surface area (Å²) in [4.78, 5) is 32.8. The van der Waals surface area contributed by atoms with Gasteiger partial charge in [-0.2, -0.15) is 0 Å². The van der Waals surface area contributed by atoms with Gasteiger partial charge in [-0.15, -0.1) is 0 Å². The lowest BCUT2D eigenvalue weighted by Gasteiger charge is -2.22. The summed E-state index contributed by atoms with van der Waals surface area (Å²) in [5, 5.41) is 7.08. The maximum Gasteiger partial charge on any atom is 0.251 e. The summed E-state index contributed by atoms with van der Waals surface area (Å²) in [6.07, 6.45) is 7.84. The molecule has 1 fully saturated rings. The maximum absolute atomic E-state index is 12.4. The Kier molecular flexibility index (Phi) is 7.49. The van der Waals surface area contributed by atoms with Gasteiger partial charge in [0, 0.05) is 56.6 Å². The van der Waals surface area contributed by atoms with E-state index in [0.29, 0.717) is 5.56 Å². The molecule has 4 aromatic rings. The molecule has 0 bridgehead atoms. The van der Waals surface area contributed by atoms with Gasteiger partial charge < -0.3 is 15.5 Å². The SMILES string of the molecule is CNC(=O)c1ccnc2c(C(C)[C@H](C)CNc3cc(-c4ccc(N(C)CC5CC5)nc4)ncn3)cccc12. The maximum atomic E-state index is 12.4. The number of rotatable bonds is 10. The van der Waals surface area contributed by atoms with Crippen LogP contribution in [0.3, 0.4) is 0 Å². The van der Waals surface area contributed by atoms with Gasteiger partial charge in [-0.1, -0.05) is 32.0 Å². The summed E-state index contributed by atoms with van der Waals surface area (Å²) < 4.78 is 0. The molecule has 38 heavy (non-hydrogen) atoms. The van der Waals surface area contributed by atoms with Crippen LogP contribution in [0.25, 0.3) is 22.2 Å². The second-order valence-electron chi connectivity index (χ2n) is 10.3. The molecule has 0 saturated heterocycles. The summed E-state index contributed by atoms with van der Waals surface area (Å²) in [5.41, 5.74) is 4.45. The Morgan fingerprint density at radius 3 is 2.66 bits per heavy atom.